The van der Waals surface area contributed by atoms with E-state index in [-0.39, 0.29) is 0 Å². The molecule has 0 bridgehead atoms. The molecule has 0 spiro atoms. The quantitative estimate of drug-likeness (QED) is 0.572. The van der Waals surface area contributed by atoms with Crippen molar-refractivity contribution in [2.45, 2.75) is 32.7 Å². The van der Waals surface area contributed by atoms with E-state index in [1.807, 2.05) is 0 Å². The molecule has 0 aromatic carbocycles. The van der Waals surface area contributed by atoms with Gasteiger partial charge in [-0.15, -0.1) is 0 Å². The minimum Gasteiger partial charge on any atom is -0.287 e. The van der Waals surface area contributed by atoms with Gasteiger partial charge in [0.15, 0.2) is 0 Å². The third-order valence-corrected chi connectivity index (χ3v) is 1.94. The van der Waals surface area contributed by atoms with E-state index in [1.165, 1.54) is 12.8 Å². The first-order valence-corrected chi connectivity index (χ1v) is 4.35. The standard InChI is InChI=1S/C9H16N2/c1-8(2)7-11(6-5-10)9-3-4-9/h8-9H,3-4,6-7H2,1-2H3. The van der Waals surface area contributed by atoms with Crippen molar-refractivity contribution in [3.8, 4) is 6.07 Å². The van der Waals surface area contributed by atoms with Crippen molar-refractivity contribution in [3.63, 3.8) is 0 Å². The van der Waals surface area contributed by atoms with Crippen molar-refractivity contribution >= 4 is 0 Å². The van der Waals surface area contributed by atoms with Gasteiger partial charge in [0, 0.05) is 12.6 Å². The lowest BCUT2D eigenvalue weighted by Crippen LogP contribution is -2.30. The minimum atomic E-state index is 0.614. The van der Waals surface area contributed by atoms with Crippen LogP contribution in [-0.2, 0) is 0 Å². The third kappa shape index (κ3) is 2.90. The molecular weight excluding hydrogens is 136 g/mol. The molecule has 0 unspecified atom stereocenters. The molecule has 0 radical (unpaired) electrons. The molecule has 11 heavy (non-hydrogen) atoms. The molecule has 1 saturated carbocycles. The Morgan fingerprint density at radius 2 is 2.18 bits per heavy atom. The summed E-state index contributed by atoms with van der Waals surface area (Å²) in [6, 6.07) is 2.95. The first-order chi connectivity index (χ1) is 5.24. The lowest BCUT2D eigenvalue weighted by atomic mass is 10.2. The van der Waals surface area contributed by atoms with Gasteiger partial charge in [-0.25, -0.2) is 0 Å². The van der Waals surface area contributed by atoms with Gasteiger partial charge >= 0.3 is 0 Å². The zero-order valence-electron chi connectivity index (χ0n) is 7.38. The monoisotopic (exact) mass is 152 g/mol. The van der Waals surface area contributed by atoms with Gasteiger partial charge in [0.1, 0.15) is 0 Å². The SMILES string of the molecule is CC(C)CN(CC#N)C1CC1. The highest BCUT2D eigenvalue weighted by Crippen LogP contribution is 2.26. The molecule has 2 nitrogen and oxygen atoms in total. The smallest absolute Gasteiger partial charge is 0.0868 e. The van der Waals surface area contributed by atoms with Crippen LogP contribution in [0.1, 0.15) is 26.7 Å². The Bertz CT molecular complexity index is 153. The van der Waals surface area contributed by atoms with E-state index in [4.69, 9.17) is 5.26 Å². The van der Waals surface area contributed by atoms with E-state index in [0.717, 1.165) is 12.6 Å². The summed E-state index contributed by atoms with van der Waals surface area (Å²) < 4.78 is 0. The number of nitrogens with zero attached hydrogens (tertiary/aromatic N) is 2. The van der Waals surface area contributed by atoms with Crippen molar-refractivity contribution in [3.05, 3.63) is 0 Å². The van der Waals surface area contributed by atoms with Gasteiger partial charge in [-0.1, -0.05) is 13.8 Å². The molecule has 2 heteroatoms. The van der Waals surface area contributed by atoms with Crippen molar-refractivity contribution in [2.75, 3.05) is 13.1 Å². The van der Waals surface area contributed by atoms with Crippen LogP contribution in [0.3, 0.4) is 0 Å². The fraction of sp³-hybridized carbons (Fsp3) is 0.889. The van der Waals surface area contributed by atoms with Gasteiger partial charge in [-0.2, -0.15) is 5.26 Å². The molecule has 0 saturated heterocycles. The Kier molecular flexibility index (Phi) is 2.90. The molecule has 1 aliphatic rings. The van der Waals surface area contributed by atoms with Crippen molar-refractivity contribution in [2.24, 2.45) is 5.92 Å². The van der Waals surface area contributed by atoms with Crippen molar-refractivity contribution in [1.29, 1.82) is 5.26 Å². The molecule has 0 heterocycles. The fourth-order valence-electron chi connectivity index (χ4n) is 1.34. The van der Waals surface area contributed by atoms with Crippen LogP contribution in [0.2, 0.25) is 0 Å². The number of rotatable bonds is 4. The summed E-state index contributed by atoms with van der Waals surface area (Å²) in [5.41, 5.74) is 0. The van der Waals surface area contributed by atoms with Gasteiger partial charge < -0.3 is 0 Å². The molecule has 0 atom stereocenters. The zero-order valence-corrected chi connectivity index (χ0v) is 7.38. The largest absolute Gasteiger partial charge is 0.287 e. The van der Waals surface area contributed by atoms with E-state index in [1.54, 1.807) is 0 Å². The summed E-state index contributed by atoms with van der Waals surface area (Å²) in [5.74, 6) is 0.684. The second kappa shape index (κ2) is 3.73. The van der Waals surface area contributed by atoms with Crippen LogP contribution >= 0.6 is 0 Å². The van der Waals surface area contributed by atoms with E-state index in [2.05, 4.69) is 24.8 Å². The summed E-state index contributed by atoms with van der Waals surface area (Å²) in [7, 11) is 0. The van der Waals surface area contributed by atoms with E-state index in [9.17, 15) is 0 Å². The molecule has 0 N–H and O–H groups in total. The highest BCUT2D eigenvalue weighted by Gasteiger charge is 2.28. The Morgan fingerprint density at radius 1 is 1.55 bits per heavy atom. The summed E-state index contributed by atoms with van der Waals surface area (Å²) >= 11 is 0. The lowest BCUT2D eigenvalue weighted by Gasteiger charge is -2.20. The maximum Gasteiger partial charge on any atom is 0.0868 e. The van der Waals surface area contributed by atoms with Crippen LogP contribution in [0.25, 0.3) is 0 Å². The molecule has 0 amide bonds. The average molecular weight is 152 g/mol. The van der Waals surface area contributed by atoms with Crippen LogP contribution in [0, 0.1) is 17.2 Å². The Labute approximate surface area is 68.8 Å². The maximum absolute atomic E-state index is 8.53. The third-order valence-electron chi connectivity index (χ3n) is 1.94. The maximum atomic E-state index is 8.53. The lowest BCUT2D eigenvalue weighted by molar-refractivity contribution is 0.262. The molecule has 1 fully saturated rings. The van der Waals surface area contributed by atoms with Crippen LogP contribution in [0.5, 0.6) is 0 Å². The van der Waals surface area contributed by atoms with Crippen LogP contribution in [0.15, 0.2) is 0 Å². The van der Waals surface area contributed by atoms with Crippen molar-refractivity contribution < 1.29 is 0 Å². The van der Waals surface area contributed by atoms with E-state index in [0.29, 0.717) is 12.5 Å². The molecule has 1 rings (SSSR count). The summed E-state index contributed by atoms with van der Waals surface area (Å²) in [6.45, 7) is 6.10. The molecular formula is C9H16N2. The zero-order chi connectivity index (χ0) is 8.27. The number of hydrogen-bond acceptors (Lipinski definition) is 2. The van der Waals surface area contributed by atoms with Gasteiger partial charge in [-0.3, -0.25) is 4.90 Å². The van der Waals surface area contributed by atoms with Gasteiger partial charge in [0.05, 0.1) is 12.6 Å². The topological polar surface area (TPSA) is 27.0 Å². The Hall–Kier alpha value is -0.550. The van der Waals surface area contributed by atoms with Crippen LogP contribution < -0.4 is 0 Å². The predicted octanol–water partition coefficient (Wildman–Crippen LogP) is 1.63. The fourth-order valence-corrected chi connectivity index (χ4v) is 1.34. The highest BCUT2D eigenvalue weighted by atomic mass is 15.2. The van der Waals surface area contributed by atoms with Crippen LogP contribution in [0.4, 0.5) is 0 Å². The average Bonchev–Trinajstić information content (AvgIpc) is 2.66. The van der Waals surface area contributed by atoms with E-state index < -0.39 is 0 Å². The predicted molar refractivity (Wildman–Crippen MR) is 45.0 cm³/mol. The minimum absolute atomic E-state index is 0.614. The molecule has 0 aliphatic heterocycles. The van der Waals surface area contributed by atoms with Crippen molar-refractivity contribution in [1.82, 2.24) is 4.90 Å². The van der Waals surface area contributed by atoms with Gasteiger partial charge in [0.25, 0.3) is 0 Å². The molecule has 62 valence electrons. The number of nitriles is 1. The summed E-state index contributed by atoms with van der Waals surface area (Å²) in [5, 5.41) is 8.53. The van der Waals surface area contributed by atoms with Gasteiger partial charge in [-0.05, 0) is 18.8 Å². The highest BCUT2D eigenvalue weighted by molar-refractivity contribution is 4.89. The normalized spacial score (nSPS) is 17.4. The number of hydrogen-bond donors (Lipinski definition) is 0. The molecule has 0 aromatic heterocycles. The second-order valence-electron chi connectivity index (χ2n) is 3.71. The molecule has 0 aromatic rings. The Morgan fingerprint density at radius 3 is 2.55 bits per heavy atom. The van der Waals surface area contributed by atoms with Gasteiger partial charge in [0.2, 0.25) is 0 Å². The van der Waals surface area contributed by atoms with Crippen LogP contribution in [-0.4, -0.2) is 24.0 Å². The second-order valence-corrected chi connectivity index (χ2v) is 3.71. The first-order valence-electron chi connectivity index (χ1n) is 4.35. The summed E-state index contributed by atoms with van der Waals surface area (Å²) in [6.07, 6.45) is 2.60. The Balaban J connectivity index is 2.27. The first kappa shape index (κ1) is 8.55. The summed E-state index contributed by atoms with van der Waals surface area (Å²) in [4.78, 5) is 2.30. The van der Waals surface area contributed by atoms with E-state index >= 15 is 0 Å². The molecule has 1 aliphatic carbocycles.